The summed E-state index contributed by atoms with van der Waals surface area (Å²) in [6.45, 7) is 5.41. The van der Waals surface area contributed by atoms with Crippen LogP contribution in [0.1, 0.15) is 48.7 Å². The van der Waals surface area contributed by atoms with Gasteiger partial charge < -0.3 is 4.90 Å². The van der Waals surface area contributed by atoms with Gasteiger partial charge in [-0.15, -0.1) is 11.3 Å². The third-order valence-electron chi connectivity index (χ3n) is 4.76. The van der Waals surface area contributed by atoms with Crippen molar-refractivity contribution in [3.63, 3.8) is 0 Å². The van der Waals surface area contributed by atoms with Gasteiger partial charge in [0.25, 0.3) is 0 Å². The number of amides is 1. The number of hydrogen-bond acceptors (Lipinski definition) is 4. The van der Waals surface area contributed by atoms with Crippen LogP contribution in [-0.4, -0.2) is 28.9 Å². The van der Waals surface area contributed by atoms with E-state index in [1.807, 2.05) is 48.5 Å². The fraction of sp³-hybridized carbons (Fsp3) is 0.421. The van der Waals surface area contributed by atoms with Crippen molar-refractivity contribution in [3.8, 4) is 6.07 Å². The van der Waals surface area contributed by atoms with Crippen LogP contribution in [0.2, 0.25) is 0 Å². The lowest BCUT2D eigenvalue weighted by Crippen LogP contribution is -2.47. The summed E-state index contributed by atoms with van der Waals surface area (Å²) in [5, 5.41) is 12.2. The Labute approximate surface area is 146 Å². The molecule has 0 N–H and O–H groups in total. The SMILES string of the molecule is CC(C)(C(=O)N1CCC[C@@H](c2nccs2)C1)c1cccc(C#N)c1. The molecule has 5 heteroatoms. The van der Waals surface area contributed by atoms with Crippen molar-refractivity contribution < 1.29 is 4.79 Å². The molecule has 2 aromatic rings. The molecule has 3 rings (SSSR count). The monoisotopic (exact) mass is 339 g/mol. The number of carbonyl (C=O) groups excluding carboxylic acids is 1. The van der Waals surface area contributed by atoms with E-state index >= 15 is 0 Å². The van der Waals surface area contributed by atoms with Gasteiger partial charge in [-0.2, -0.15) is 5.26 Å². The first kappa shape index (κ1) is 16.7. The molecule has 1 fully saturated rings. The number of benzene rings is 1. The summed E-state index contributed by atoms with van der Waals surface area (Å²) < 4.78 is 0. The van der Waals surface area contributed by atoms with Gasteiger partial charge in [-0.25, -0.2) is 4.98 Å². The third-order valence-corrected chi connectivity index (χ3v) is 5.70. The van der Waals surface area contributed by atoms with Gasteiger partial charge in [-0.1, -0.05) is 12.1 Å². The zero-order chi connectivity index (χ0) is 17.2. The second kappa shape index (κ2) is 6.74. The molecule has 0 radical (unpaired) electrons. The lowest BCUT2D eigenvalue weighted by molar-refractivity contribution is -0.137. The van der Waals surface area contributed by atoms with Gasteiger partial charge in [-0.3, -0.25) is 4.79 Å². The van der Waals surface area contributed by atoms with Crippen LogP contribution >= 0.6 is 11.3 Å². The first-order valence-corrected chi connectivity index (χ1v) is 9.09. The molecule has 0 bridgehead atoms. The van der Waals surface area contributed by atoms with Crippen LogP contribution in [-0.2, 0) is 10.2 Å². The number of rotatable bonds is 3. The van der Waals surface area contributed by atoms with E-state index in [9.17, 15) is 4.79 Å². The molecule has 1 aliphatic heterocycles. The maximum Gasteiger partial charge on any atom is 0.232 e. The Balaban J connectivity index is 1.80. The Bertz CT molecular complexity index is 761. The number of piperidine rings is 1. The Morgan fingerprint density at radius 1 is 1.46 bits per heavy atom. The largest absolute Gasteiger partial charge is 0.341 e. The van der Waals surface area contributed by atoms with E-state index in [1.54, 1.807) is 17.4 Å². The average Bonchev–Trinajstić information content (AvgIpc) is 3.16. The standard InChI is InChI=1S/C19H21N3OS/c1-19(2,16-7-3-5-14(11-16)12-20)18(23)22-9-4-6-15(13-22)17-21-8-10-24-17/h3,5,7-8,10-11,15H,4,6,9,13H2,1-2H3/t15-/m1/s1. The smallest absolute Gasteiger partial charge is 0.232 e. The molecule has 0 unspecified atom stereocenters. The third kappa shape index (κ3) is 3.20. The Morgan fingerprint density at radius 3 is 3.00 bits per heavy atom. The Morgan fingerprint density at radius 2 is 2.29 bits per heavy atom. The lowest BCUT2D eigenvalue weighted by atomic mass is 9.81. The summed E-state index contributed by atoms with van der Waals surface area (Å²) in [4.78, 5) is 19.5. The van der Waals surface area contributed by atoms with Crippen LogP contribution in [0.5, 0.6) is 0 Å². The fourth-order valence-electron chi connectivity index (χ4n) is 3.30. The van der Waals surface area contributed by atoms with Gasteiger partial charge in [-0.05, 0) is 44.4 Å². The van der Waals surface area contributed by atoms with Crippen LogP contribution in [0.4, 0.5) is 0 Å². The predicted molar refractivity (Wildman–Crippen MR) is 94.9 cm³/mol. The number of hydrogen-bond donors (Lipinski definition) is 0. The molecule has 1 saturated heterocycles. The predicted octanol–water partition coefficient (Wildman–Crippen LogP) is 3.70. The number of aromatic nitrogens is 1. The molecule has 1 atom stereocenters. The van der Waals surface area contributed by atoms with Crippen molar-refractivity contribution in [3.05, 3.63) is 52.0 Å². The van der Waals surface area contributed by atoms with Crippen LogP contribution in [0.25, 0.3) is 0 Å². The Kier molecular flexibility index (Phi) is 4.68. The summed E-state index contributed by atoms with van der Waals surface area (Å²) in [7, 11) is 0. The van der Waals surface area contributed by atoms with Gasteiger partial charge in [0.1, 0.15) is 0 Å². The van der Waals surface area contributed by atoms with Crippen LogP contribution in [0, 0.1) is 11.3 Å². The van der Waals surface area contributed by atoms with Gasteiger partial charge in [0.05, 0.1) is 22.1 Å². The number of thiazole rings is 1. The highest BCUT2D eigenvalue weighted by atomic mass is 32.1. The van der Waals surface area contributed by atoms with Crippen LogP contribution < -0.4 is 0 Å². The zero-order valence-electron chi connectivity index (χ0n) is 14.0. The zero-order valence-corrected chi connectivity index (χ0v) is 14.8. The number of nitriles is 1. The van der Waals surface area contributed by atoms with Crippen molar-refractivity contribution >= 4 is 17.2 Å². The first-order valence-electron chi connectivity index (χ1n) is 8.22. The summed E-state index contributed by atoms with van der Waals surface area (Å²) in [5.74, 6) is 0.461. The highest BCUT2D eigenvalue weighted by molar-refractivity contribution is 7.09. The van der Waals surface area contributed by atoms with E-state index in [2.05, 4.69) is 11.1 Å². The highest BCUT2D eigenvalue weighted by Crippen LogP contribution is 2.32. The normalized spacial score (nSPS) is 18.2. The molecule has 0 saturated carbocycles. The molecule has 1 aromatic heterocycles. The first-order chi connectivity index (χ1) is 11.5. The molecule has 0 aliphatic carbocycles. The molecule has 2 heterocycles. The number of carbonyl (C=O) groups is 1. The summed E-state index contributed by atoms with van der Waals surface area (Å²) in [5.41, 5.74) is 0.841. The molecular weight excluding hydrogens is 318 g/mol. The second-order valence-electron chi connectivity index (χ2n) is 6.78. The number of likely N-dealkylation sites (tertiary alicyclic amines) is 1. The summed E-state index contributed by atoms with van der Waals surface area (Å²) in [6.07, 6.45) is 3.92. The van der Waals surface area contributed by atoms with Crippen LogP contribution in [0.3, 0.4) is 0 Å². The van der Waals surface area contributed by atoms with E-state index in [-0.39, 0.29) is 5.91 Å². The van der Waals surface area contributed by atoms with Gasteiger partial charge in [0.15, 0.2) is 0 Å². The summed E-state index contributed by atoms with van der Waals surface area (Å²) in [6, 6.07) is 9.51. The van der Waals surface area contributed by atoms with Crippen LogP contribution in [0.15, 0.2) is 35.8 Å². The molecule has 1 amide bonds. The molecular formula is C19H21N3OS. The van der Waals surface area contributed by atoms with Crippen molar-refractivity contribution in [1.82, 2.24) is 9.88 Å². The fourth-order valence-corrected chi connectivity index (χ4v) is 4.06. The van der Waals surface area contributed by atoms with E-state index in [4.69, 9.17) is 5.26 Å². The van der Waals surface area contributed by atoms with Crippen molar-refractivity contribution in [2.24, 2.45) is 0 Å². The minimum absolute atomic E-state index is 0.124. The molecule has 4 nitrogen and oxygen atoms in total. The minimum Gasteiger partial charge on any atom is -0.341 e. The van der Waals surface area contributed by atoms with Crippen molar-refractivity contribution in [2.75, 3.05) is 13.1 Å². The van der Waals surface area contributed by atoms with E-state index in [0.29, 0.717) is 11.5 Å². The maximum atomic E-state index is 13.2. The van der Waals surface area contributed by atoms with E-state index in [0.717, 1.165) is 36.5 Å². The summed E-state index contributed by atoms with van der Waals surface area (Å²) >= 11 is 1.67. The van der Waals surface area contributed by atoms with Crippen molar-refractivity contribution in [2.45, 2.75) is 38.0 Å². The molecule has 124 valence electrons. The Hall–Kier alpha value is -2.19. The molecule has 0 spiro atoms. The maximum absolute atomic E-state index is 13.2. The van der Waals surface area contributed by atoms with Crippen molar-refractivity contribution in [1.29, 1.82) is 5.26 Å². The molecule has 1 aliphatic rings. The highest BCUT2D eigenvalue weighted by Gasteiger charge is 2.36. The quantitative estimate of drug-likeness (QED) is 0.857. The van der Waals surface area contributed by atoms with E-state index in [1.165, 1.54) is 0 Å². The average molecular weight is 339 g/mol. The molecule has 1 aromatic carbocycles. The lowest BCUT2D eigenvalue weighted by Gasteiger charge is -2.37. The van der Waals surface area contributed by atoms with E-state index < -0.39 is 5.41 Å². The second-order valence-corrected chi connectivity index (χ2v) is 7.70. The van der Waals surface area contributed by atoms with Gasteiger partial charge in [0.2, 0.25) is 5.91 Å². The number of nitrogens with zero attached hydrogens (tertiary/aromatic N) is 3. The topological polar surface area (TPSA) is 57.0 Å². The van der Waals surface area contributed by atoms with Gasteiger partial charge >= 0.3 is 0 Å². The minimum atomic E-state index is -0.641. The molecule has 24 heavy (non-hydrogen) atoms. The van der Waals surface area contributed by atoms with Gasteiger partial charge in [0, 0.05) is 30.6 Å².